The molecule has 66 valence electrons. The van der Waals surface area contributed by atoms with Gasteiger partial charge in [0, 0.05) is 13.0 Å². The van der Waals surface area contributed by atoms with Gasteiger partial charge in [-0.2, -0.15) is 13.2 Å². The monoisotopic (exact) mass is 176 g/mol. The van der Waals surface area contributed by atoms with Crippen molar-refractivity contribution in [1.82, 2.24) is 0 Å². The Morgan fingerprint density at radius 1 is 1.33 bits per heavy atom. The Bertz CT molecular complexity index is 291. The number of aryl methyl sites for hydroxylation is 1. The molecule has 1 rings (SSSR count). The molecule has 1 aromatic rings. The maximum Gasteiger partial charge on any atom is 0.422 e. The maximum atomic E-state index is 12.2. The van der Waals surface area contributed by atoms with Gasteiger partial charge in [-0.25, -0.2) is 4.57 Å². The van der Waals surface area contributed by atoms with Gasteiger partial charge in [0.25, 0.3) is 0 Å². The molecule has 1 nitrogen and oxygen atoms in total. The molecule has 0 saturated carbocycles. The summed E-state index contributed by atoms with van der Waals surface area (Å²) in [5, 5.41) is 0. The van der Waals surface area contributed by atoms with E-state index in [-0.39, 0.29) is 5.69 Å². The maximum absolute atomic E-state index is 12.2. The highest BCUT2D eigenvalue weighted by atomic mass is 19.4. The average Bonchev–Trinajstić information content (AvgIpc) is 1.92. The molecule has 0 amide bonds. The van der Waals surface area contributed by atoms with E-state index in [1.807, 2.05) is 0 Å². The average molecular weight is 176 g/mol. The molecular weight excluding hydrogens is 167 g/mol. The molecule has 0 aromatic carbocycles. The highest BCUT2D eigenvalue weighted by molar-refractivity contribution is 5.17. The molecule has 1 aromatic heterocycles. The SMILES string of the molecule is Cc1c(C(F)(F)F)ccc[n+]1C. The van der Waals surface area contributed by atoms with Crippen molar-refractivity contribution in [3.8, 4) is 0 Å². The van der Waals surface area contributed by atoms with Crippen LogP contribution < -0.4 is 4.57 Å². The molecule has 12 heavy (non-hydrogen) atoms. The number of alkyl halides is 3. The number of halogens is 3. The molecule has 1 heterocycles. The Morgan fingerprint density at radius 2 is 1.92 bits per heavy atom. The van der Waals surface area contributed by atoms with Gasteiger partial charge in [-0.05, 0) is 6.07 Å². The van der Waals surface area contributed by atoms with Gasteiger partial charge in [-0.1, -0.05) is 0 Å². The molecule has 0 spiro atoms. The number of hydrogen-bond acceptors (Lipinski definition) is 0. The molecule has 0 unspecified atom stereocenters. The Hall–Kier alpha value is -1.06. The predicted octanol–water partition coefficient (Wildman–Crippen LogP) is 1.84. The van der Waals surface area contributed by atoms with Crippen LogP contribution in [0.1, 0.15) is 11.3 Å². The Kier molecular flexibility index (Phi) is 2.08. The number of aromatic nitrogens is 1. The third kappa shape index (κ3) is 1.57. The topological polar surface area (TPSA) is 3.88 Å². The minimum atomic E-state index is -4.25. The first-order valence-corrected chi connectivity index (χ1v) is 3.45. The molecule has 0 aliphatic heterocycles. The lowest BCUT2D eigenvalue weighted by Crippen LogP contribution is -2.33. The van der Waals surface area contributed by atoms with Crippen molar-refractivity contribution in [2.24, 2.45) is 7.05 Å². The Balaban J connectivity index is 3.26. The van der Waals surface area contributed by atoms with Crippen LogP contribution in [0.25, 0.3) is 0 Å². The summed E-state index contributed by atoms with van der Waals surface area (Å²) in [6.07, 6.45) is -2.66. The van der Waals surface area contributed by atoms with E-state index in [0.29, 0.717) is 0 Å². The summed E-state index contributed by atoms with van der Waals surface area (Å²) in [7, 11) is 1.59. The van der Waals surface area contributed by atoms with Crippen LogP contribution in [0.15, 0.2) is 18.3 Å². The van der Waals surface area contributed by atoms with Crippen molar-refractivity contribution in [1.29, 1.82) is 0 Å². The molecule has 0 N–H and O–H groups in total. The highest BCUT2D eigenvalue weighted by Gasteiger charge is 2.35. The Labute approximate surface area is 68.5 Å². The van der Waals surface area contributed by atoms with Crippen molar-refractivity contribution in [2.45, 2.75) is 13.1 Å². The third-order valence-electron chi connectivity index (χ3n) is 1.80. The summed E-state index contributed by atoms with van der Waals surface area (Å²) < 4.78 is 38.1. The van der Waals surface area contributed by atoms with Gasteiger partial charge in [-0.15, -0.1) is 0 Å². The summed E-state index contributed by atoms with van der Waals surface area (Å²) in [6.45, 7) is 1.45. The smallest absolute Gasteiger partial charge is 0.205 e. The molecular formula is C8H9F3N+. The van der Waals surface area contributed by atoms with Crippen molar-refractivity contribution in [2.75, 3.05) is 0 Å². The molecule has 4 heteroatoms. The van der Waals surface area contributed by atoms with E-state index in [4.69, 9.17) is 0 Å². The van der Waals surface area contributed by atoms with Crippen LogP contribution in [-0.2, 0) is 13.2 Å². The second kappa shape index (κ2) is 2.77. The largest absolute Gasteiger partial charge is 0.422 e. The zero-order chi connectivity index (χ0) is 9.35. The van der Waals surface area contributed by atoms with Gasteiger partial charge in [0.2, 0.25) is 0 Å². The van der Waals surface area contributed by atoms with E-state index < -0.39 is 11.7 Å². The molecule has 0 aliphatic rings. The van der Waals surface area contributed by atoms with Crippen LogP contribution in [-0.4, -0.2) is 0 Å². The zero-order valence-electron chi connectivity index (χ0n) is 6.81. The fourth-order valence-electron chi connectivity index (χ4n) is 0.990. The number of hydrogen-bond donors (Lipinski definition) is 0. The van der Waals surface area contributed by atoms with Crippen LogP contribution >= 0.6 is 0 Å². The summed E-state index contributed by atoms with van der Waals surface area (Å²) >= 11 is 0. The van der Waals surface area contributed by atoms with Gasteiger partial charge in [-0.3, -0.25) is 0 Å². The zero-order valence-corrected chi connectivity index (χ0v) is 6.81. The van der Waals surface area contributed by atoms with E-state index in [1.165, 1.54) is 17.6 Å². The number of nitrogens with zero attached hydrogens (tertiary/aromatic N) is 1. The quantitative estimate of drug-likeness (QED) is 0.531. The first-order chi connectivity index (χ1) is 5.43. The van der Waals surface area contributed by atoms with E-state index in [9.17, 15) is 13.2 Å². The van der Waals surface area contributed by atoms with Gasteiger partial charge >= 0.3 is 6.18 Å². The minimum absolute atomic E-state index is 0.227. The van der Waals surface area contributed by atoms with Crippen LogP contribution in [0.3, 0.4) is 0 Å². The van der Waals surface area contributed by atoms with Crippen LogP contribution in [0.2, 0.25) is 0 Å². The predicted molar refractivity (Wildman–Crippen MR) is 37.4 cm³/mol. The van der Waals surface area contributed by atoms with Gasteiger partial charge in [0.15, 0.2) is 11.9 Å². The summed E-state index contributed by atoms with van der Waals surface area (Å²) in [5.41, 5.74) is -0.350. The van der Waals surface area contributed by atoms with E-state index in [0.717, 1.165) is 6.07 Å². The normalized spacial score (nSPS) is 11.8. The molecule has 0 bridgehead atoms. The van der Waals surface area contributed by atoms with Gasteiger partial charge < -0.3 is 0 Å². The lowest BCUT2D eigenvalue weighted by atomic mass is 10.2. The molecule has 0 aliphatic carbocycles. The van der Waals surface area contributed by atoms with E-state index in [2.05, 4.69) is 0 Å². The van der Waals surface area contributed by atoms with Crippen LogP contribution in [0.4, 0.5) is 13.2 Å². The number of rotatable bonds is 0. The Morgan fingerprint density at radius 3 is 2.33 bits per heavy atom. The third-order valence-corrected chi connectivity index (χ3v) is 1.80. The first-order valence-electron chi connectivity index (χ1n) is 3.45. The molecule has 0 radical (unpaired) electrons. The van der Waals surface area contributed by atoms with Gasteiger partial charge in [0.05, 0.1) is 0 Å². The van der Waals surface area contributed by atoms with Crippen LogP contribution in [0, 0.1) is 6.92 Å². The molecule has 0 fully saturated rings. The summed E-state index contributed by atoms with van der Waals surface area (Å²) in [5.74, 6) is 0. The first kappa shape index (κ1) is 9.03. The fourth-order valence-corrected chi connectivity index (χ4v) is 0.990. The number of pyridine rings is 1. The molecule has 0 saturated heterocycles. The summed E-state index contributed by atoms with van der Waals surface area (Å²) in [6, 6.07) is 2.46. The van der Waals surface area contributed by atoms with Crippen molar-refractivity contribution < 1.29 is 17.7 Å². The minimum Gasteiger partial charge on any atom is -0.205 e. The van der Waals surface area contributed by atoms with E-state index in [1.54, 1.807) is 13.2 Å². The van der Waals surface area contributed by atoms with Crippen LogP contribution in [0.5, 0.6) is 0 Å². The van der Waals surface area contributed by atoms with Crippen molar-refractivity contribution in [3.63, 3.8) is 0 Å². The van der Waals surface area contributed by atoms with Crippen molar-refractivity contribution >= 4 is 0 Å². The van der Waals surface area contributed by atoms with E-state index >= 15 is 0 Å². The highest BCUT2D eigenvalue weighted by Crippen LogP contribution is 2.29. The molecule has 0 atom stereocenters. The fraction of sp³-hybridized carbons (Fsp3) is 0.375. The van der Waals surface area contributed by atoms with Gasteiger partial charge in [0.1, 0.15) is 12.6 Å². The second-order valence-electron chi connectivity index (χ2n) is 2.62. The summed E-state index contributed by atoms with van der Waals surface area (Å²) in [4.78, 5) is 0. The lowest BCUT2D eigenvalue weighted by molar-refractivity contribution is -0.678. The lowest BCUT2D eigenvalue weighted by Gasteiger charge is -2.06. The second-order valence-corrected chi connectivity index (χ2v) is 2.62. The van der Waals surface area contributed by atoms with Crippen molar-refractivity contribution in [3.05, 3.63) is 29.6 Å². The standard InChI is InChI=1S/C8H9F3N/c1-6-7(8(9,10)11)4-3-5-12(6)2/h3-5H,1-2H3/q+1.